The lowest BCUT2D eigenvalue weighted by atomic mass is 10.4. The highest BCUT2D eigenvalue weighted by Crippen LogP contribution is 2.17. The predicted octanol–water partition coefficient (Wildman–Crippen LogP) is 1.61. The SMILES string of the molecule is C=CCN(CCC(=O)O)c1nccs1. The van der Waals surface area contributed by atoms with E-state index in [2.05, 4.69) is 11.6 Å². The minimum absolute atomic E-state index is 0.118. The lowest BCUT2D eigenvalue weighted by Gasteiger charge is -2.18. The summed E-state index contributed by atoms with van der Waals surface area (Å²) in [6, 6.07) is 0. The maximum absolute atomic E-state index is 10.4. The van der Waals surface area contributed by atoms with E-state index in [9.17, 15) is 4.79 Å². The van der Waals surface area contributed by atoms with E-state index in [0.29, 0.717) is 13.1 Å². The Balaban J connectivity index is 2.55. The Labute approximate surface area is 86.5 Å². The molecule has 0 aromatic carbocycles. The maximum Gasteiger partial charge on any atom is 0.305 e. The Hall–Kier alpha value is -1.36. The van der Waals surface area contributed by atoms with Gasteiger partial charge in [-0.3, -0.25) is 4.79 Å². The zero-order chi connectivity index (χ0) is 10.4. The predicted molar refractivity (Wildman–Crippen MR) is 56.8 cm³/mol. The van der Waals surface area contributed by atoms with Gasteiger partial charge in [-0.1, -0.05) is 6.08 Å². The van der Waals surface area contributed by atoms with Crippen LogP contribution in [0, 0.1) is 0 Å². The van der Waals surface area contributed by atoms with Crippen LogP contribution < -0.4 is 4.90 Å². The van der Waals surface area contributed by atoms with Crippen LogP contribution >= 0.6 is 11.3 Å². The van der Waals surface area contributed by atoms with Crippen molar-refractivity contribution < 1.29 is 9.90 Å². The molecule has 0 saturated heterocycles. The second kappa shape index (κ2) is 5.39. The Morgan fingerprint density at radius 3 is 3.07 bits per heavy atom. The second-order valence-corrected chi connectivity index (χ2v) is 3.57. The second-order valence-electron chi connectivity index (χ2n) is 2.69. The van der Waals surface area contributed by atoms with Crippen LogP contribution in [0.15, 0.2) is 24.2 Å². The van der Waals surface area contributed by atoms with Gasteiger partial charge in [0, 0.05) is 24.7 Å². The van der Waals surface area contributed by atoms with Crippen molar-refractivity contribution in [3.8, 4) is 0 Å². The van der Waals surface area contributed by atoms with Crippen LogP contribution in [0.1, 0.15) is 6.42 Å². The van der Waals surface area contributed by atoms with Gasteiger partial charge in [0.15, 0.2) is 5.13 Å². The van der Waals surface area contributed by atoms with Crippen molar-refractivity contribution in [2.75, 3.05) is 18.0 Å². The molecule has 1 aromatic heterocycles. The third kappa shape index (κ3) is 3.18. The van der Waals surface area contributed by atoms with E-state index in [1.165, 1.54) is 11.3 Å². The van der Waals surface area contributed by atoms with Gasteiger partial charge in [0.05, 0.1) is 6.42 Å². The first-order valence-corrected chi connectivity index (χ1v) is 5.09. The van der Waals surface area contributed by atoms with Crippen molar-refractivity contribution >= 4 is 22.4 Å². The molecule has 0 aliphatic rings. The summed E-state index contributed by atoms with van der Waals surface area (Å²) in [6.07, 6.45) is 3.56. The summed E-state index contributed by atoms with van der Waals surface area (Å²) in [6.45, 7) is 4.72. The molecule has 1 rings (SSSR count). The van der Waals surface area contributed by atoms with Gasteiger partial charge in [-0.05, 0) is 0 Å². The molecule has 0 radical (unpaired) electrons. The van der Waals surface area contributed by atoms with Crippen molar-refractivity contribution in [3.05, 3.63) is 24.2 Å². The maximum atomic E-state index is 10.4. The molecule has 0 saturated carbocycles. The van der Waals surface area contributed by atoms with Gasteiger partial charge in [-0.2, -0.15) is 0 Å². The van der Waals surface area contributed by atoms with Gasteiger partial charge in [-0.15, -0.1) is 17.9 Å². The van der Waals surface area contributed by atoms with Gasteiger partial charge in [0.25, 0.3) is 0 Å². The molecule has 1 N–H and O–H groups in total. The average molecular weight is 212 g/mol. The average Bonchev–Trinajstić information content (AvgIpc) is 2.64. The fraction of sp³-hybridized carbons (Fsp3) is 0.333. The number of carbonyl (C=O) groups is 1. The highest BCUT2D eigenvalue weighted by atomic mass is 32.1. The van der Waals surface area contributed by atoms with Crippen LogP contribution in [0.25, 0.3) is 0 Å². The van der Waals surface area contributed by atoms with Crippen molar-refractivity contribution in [2.24, 2.45) is 0 Å². The number of hydrogen-bond acceptors (Lipinski definition) is 4. The molecule has 0 bridgehead atoms. The molecule has 0 spiro atoms. The minimum atomic E-state index is -0.796. The van der Waals surface area contributed by atoms with Gasteiger partial charge < -0.3 is 10.0 Å². The van der Waals surface area contributed by atoms with E-state index in [1.54, 1.807) is 12.3 Å². The number of carboxylic acid groups (broad SMARTS) is 1. The monoisotopic (exact) mass is 212 g/mol. The van der Waals surface area contributed by atoms with Crippen molar-refractivity contribution in [1.82, 2.24) is 4.98 Å². The highest BCUT2D eigenvalue weighted by Gasteiger charge is 2.08. The number of aromatic nitrogens is 1. The van der Waals surface area contributed by atoms with Crippen LogP contribution in [0.3, 0.4) is 0 Å². The Morgan fingerprint density at radius 1 is 1.79 bits per heavy atom. The molecule has 0 unspecified atom stereocenters. The van der Waals surface area contributed by atoms with Crippen LogP contribution in [-0.4, -0.2) is 29.1 Å². The lowest BCUT2D eigenvalue weighted by Crippen LogP contribution is -2.25. The van der Waals surface area contributed by atoms with E-state index < -0.39 is 5.97 Å². The normalized spacial score (nSPS) is 9.71. The van der Waals surface area contributed by atoms with Crippen LogP contribution in [-0.2, 0) is 4.79 Å². The van der Waals surface area contributed by atoms with Gasteiger partial charge in [0.1, 0.15) is 0 Å². The molecule has 5 heteroatoms. The standard InChI is InChI=1S/C9H12N2O2S/c1-2-5-11(6-3-8(12)13)9-10-4-7-14-9/h2,4,7H,1,3,5-6H2,(H,12,13). The molecule has 0 aliphatic carbocycles. The van der Waals surface area contributed by atoms with Gasteiger partial charge >= 0.3 is 5.97 Å². The van der Waals surface area contributed by atoms with E-state index in [4.69, 9.17) is 5.11 Å². The molecule has 14 heavy (non-hydrogen) atoms. The molecule has 1 aromatic rings. The van der Waals surface area contributed by atoms with Crippen molar-refractivity contribution in [1.29, 1.82) is 0 Å². The topological polar surface area (TPSA) is 53.4 Å². The Kier molecular flexibility index (Phi) is 4.12. The third-order valence-electron chi connectivity index (χ3n) is 1.63. The number of thiazole rings is 1. The summed E-state index contributed by atoms with van der Waals surface area (Å²) in [5.74, 6) is -0.796. The molecule has 0 atom stereocenters. The zero-order valence-corrected chi connectivity index (χ0v) is 8.54. The molecule has 1 heterocycles. The number of anilines is 1. The van der Waals surface area contributed by atoms with E-state index in [0.717, 1.165) is 5.13 Å². The van der Waals surface area contributed by atoms with E-state index in [-0.39, 0.29) is 6.42 Å². The summed E-state index contributed by atoms with van der Waals surface area (Å²) in [7, 11) is 0. The Morgan fingerprint density at radius 2 is 2.57 bits per heavy atom. The quantitative estimate of drug-likeness (QED) is 0.728. The third-order valence-corrected chi connectivity index (χ3v) is 2.47. The zero-order valence-electron chi connectivity index (χ0n) is 7.72. The molecule has 0 fully saturated rings. The summed E-state index contributed by atoms with van der Waals surface area (Å²) in [5, 5.41) is 11.3. The fourth-order valence-electron chi connectivity index (χ4n) is 1.02. The molecule has 76 valence electrons. The Bertz CT molecular complexity index is 298. The molecule has 0 aliphatic heterocycles. The summed E-state index contributed by atoms with van der Waals surface area (Å²) < 4.78 is 0. The summed E-state index contributed by atoms with van der Waals surface area (Å²) >= 11 is 1.50. The fourth-order valence-corrected chi connectivity index (χ4v) is 1.70. The molecule has 4 nitrogen and oxygen atoms in total. The van der Waals surface area contributed by atoms with Gasteiger partial charge in [0.2, 0.25) is 0 Å². The van der Waals surface area contributed by atoms with Gasteiger partial charge in [-0.25, -0.2) is 4.98 Å². The van der Waals surface area contributed by atoms with E-state index in [1.807, 2.05) is 10.3 Å². The van der Waals surface area contributed by atoms with Crippen LogP contribution in [0.5, 0.6) is 0 Å². The van der Waals surface area contributed by atoms with Crippen LogP contribution in [0.4, 0.5) is 5.13 Å². The number of nitrogens with zero attached hydrogens (tertiary/aromatic N) is 2. The number of hydrogen-bond donors (Lipinski definition) is 1. The summed E-state index contributed by atoms with van der Waals surface area (Å²) in [5.41, 5.74) is 0. The van der Waals surface area contributed by atoms with Crippen molar-refractivity contribution in [2.45, 2.75) is 6.42 Å². The minimum Gasteiger partial charge on any atom is -0.481 e. The number of rotatable bonds is 6. The summed E-state index contributed by atoms with van der Waals surface area (Å²) in [4.78, 5) is 16.4. The van der Waals surface area contributed by atoms with Crippen molar-refractivity contribution in [3.63, 3.8) is 0 Å². The highest BCUT2D eigenvalue weighted by molar-refractivity contribution is 7.13. The smallest absolute Gasteiger partial charge is 0.305 e. The van der Waals surface area contributed by atoms with Crippen LogP contribution in [0.2, 0.25) is 0 Å². The first kappa shape index (κ1) is 10.7. The largest absolute Gasteiger partial charge is 0.481 e. The number of aliphatic carboxylic acids is 1. The molecule has 0 amide bonds. The molecular weight excluding hydrogens is 200 g/mol. The first-order valence-electron chi connectivity index (χ1n) is 4.21. The lowest BCUT2D eigenvalue weighted by molar-refractivity contribution is -0.136. The number of carboxylic acids is 1. The molecular formula is C9H12N2O2S. The van der Waals surface area contributed by atoms with E-state index >= 15 is 0 Å². The first-order chi connectivity index (χ1) is 6.74.